The van der Waals surface area contributed by atoms with Crippen molar-refractivity contribution in [2.45, 2.75) is 30.7 Å². The smallest absolute Gasteiger partial charge is 0.289 e. The van der Waals surface area contributed by atoms with Crippen LogP contribution in [0.25, 0.3) is 0 Å². The van der Waals surface area contributed by atoms with Crippen molar-refractivity contribution in [3.63, 3.8) is 0 Å². The maximum absolute atomic E-state index is 13.4. The molecule has 0 radical (unpaired) electrons. The van der Waals surface area contributed by atoms with Crippen LogP contribution in [0.5, 0.6) is 0 Å². The van der Waals surface area contributed by atoms with Crippen LogP contribution in [-0.2, 0) is 12.2 Å². The number of nitrogens with one attached hydrogen (secondary N) is 1. The van der Waals surface area contributed by atoms with Crippen molar-refractivity contribution in [3.05, 3.63) is 65.1 Å². The summed E-state index contributed by atoms with van der Waals surface area (Å²) in [4.78, 5) is 18.6. The molecule has 1 aliphatic heterocycles. The Kier molecular flexibility index (Phi) is 5.47. The Bertz CT molecular complexity index is 957. The van der Waals surface area contributed by atoms with Crippen molar-refractivity contribution in [1.82, 2.24) is 20.1 Å². The van der Waals surface area contributed by atoms with Crippen LogP contribution in [0.4, 0.5) is 4.39 Å². The summed E-state index contributed by atoms with van der Waals surface area (Å²) < 4.78 is 19.2. The molecule has 2 aromatic heterocycles. The number of H-pyrrole nitrogens is 1. The lowest BCUT2D eigenvalue weighted by Gasteiger charge is -2.15. The van der Waals surface area contributed by atoms with Gasteiger partial charge in [0.15, 0.2) is 10.9 Å². The fourth-order valence-corrected chi connectivity index (χ4v) is 4.15. The maximum atomic E-state index is 13.4. The van der Waals surface area contributed by atoms with Gasteiger partial charge in [0.1, 0.15) is 17.9 Å². The quantitative estimate of drug-likeness (QED) is 0.636. The SMILES string of the molecule is Cc1cc(CC2CCN(C(=O)c3ccc(CSc4ncn[nH]4)o3)C2)ccc1F. The molecule has 0 bridgehead atoms. The van der Waals surface area contributed by atoms with Crippen LogP contribution in [0.15, 0.2) is 46.2 Å². The van der Waals surface area contributed by atoms with E-state index < -0.39 is 0 Å². The molecule has 146 valence electrons. The predicted octanol–water partition coefficient (Wildman–Crippen LogP) is 3.84. The van der Waals surface area contributed by atoms with Crippen LogP contribution < -0.4 is 0 Å². The number of furan rings is 1. The first-order valence-electron chi connectivity index (χ1n) is 9.19. The summed E-state index contributed by atoms with van der Waals surface area (Å²) in [6, 6.07) is 8.80. The van der Waals surface area contributed by atoms with Gasteiger partial charge in [-0.1, -0.05) is 23.9 Å². The highest BCUT2D eigenvalue weighted by atomic mass is 32.2. The molecular weight excluding hydrogens is 379 g/mol. The normalized spacial score (nSPS) is 16.6. The number of rotatable bonds is 6. The number of benzene rings is 1. The van der Waals surface area contributed by atoms with Gasteiger partial charge in [-0.05, 0) is 55.0 Å². The van der Waals surface area contributed by atoms with Crippen LogP contribution in [0, 0.1) is 18.7 Å². The minimum atomic E-state index is -0.179. The number of carbonyl (C=O) groups is 1. The van der Waals surface area contributed by atoms with Gasteiger partial charge >= 0.3 is 0 Å². The van der Waals surface area contributed by atoms with Gasteiger partial charge in [-0.3, -0.25) is 9.89 Å². The second-order valence-corrected chi connectivity index (χ2v) is 8.00. The van der Waals surface area contributed by atoms with Crippen molar-refractivity contribution < 1.29 is 13.6 Å². The number of hydrogen-bond donors (Lipinski definition) is 1. The Morgan fingerprint density at radius 3 is 3.07 bits per heavy atom. The monoisotopic (exact) mass is 400 g/mol. The molecule has 1 aromatic carbocycles. The van der Waals surface area contributed by atoms with Gasteiger partial charge in [-0.25, -0.2) is 9.37 Å². The highest BCUT2D eigenvalue weighted by Crippen LogP contribution is 2.25. The number of aromatic amines is 1. The molecule has 1 fully saturated rings. The predicted molar refractivity (Wildman–Crippen MR) is 104 cm³/mol. The van der Waals surface area contributed by atoms with Crippen molar-refractivity contribution in [3.8, 4) is 0 Å². The number of aryl methyl sites for hydroxylation is 1. The summed E-state index contributed by atoms with van der Waals surface area (Å²) in [7, 11) is 0. The molecule has 1 amide bonds. The van der Waals surface area contributed by atoms with E-state index in [2.05, 4.69) is 15.2 Å². The third-order valence-electron chi connectivity index (χ3n) is 4.94. The lowest BCUT2D eigenvalue weighted by atomic mass is 9.97. The number of likely N-dealkylation sites (tertiary alicyclic amines) is 1. The average Bonchev–Trinajstić information content (AvgIpc) is 3.44. The Hall–Kier alpha value is -2.61. The molecule has 3 heterocycles. The second kappa shape index (κ2) is 8.18. The molecule has 3 aromatic rings. The second-order valence-electron chi connectivity index (χ2n) is 7.04. The molecule has 1 atom stereocenters. The van der Waals surface area contributed by atoms with Crippen LogP contribution in [0.2, 0.25) is 0 Å². The van der Waals surface area contributed by atoms with Gasteiger partial charge in [0.25, 0.3) is 5.91 Å². The summed E-state index contributed by atoms with van der Waals surface area (Å²) in [6.45, 7) is 3.18. The Morgan fingerprint density at radius 1 is 1.39 bits per heavy atom. The van der Waals surface area contributed by atoms with Crippen molar-refractivity contribution in [1.29, 1.82) is 0 Å². The summed E-state index contributed by atoms with van der Waals surface area (Å²) in [5, 5.41) is 7.29. The van der Waals surface area contributed by atoms with Crippen LogP contribution in [0.3, 0.4) is 0 Å². The molecule has 1 N–H and O–H groups in total. The van der Waals surface area contributed by atoms with Gasteiger partial charge in [0.05, 0.1) is 5.75 Å². The lowest BCUT2D eigenvalue weighted by Crippen LogP contribution is -2.28. The third kappa shape index (κ3) is 4.27. The molecule has 0 aliphatic carbocycles. The van der Waals surface area contributed by atoms with E-state index in [1.165, 1.54) is 24.2 Å². The fraction of sp³-hybridized carbons (Fsp3) is 0.350. The van der Waals surface area contributed by atoms with E-state index in [4.69, 9.17) is 4.42 Å². The minimum absolute atomic E-state index is 0.0753. The third-order valence-corrected chi connectivity index (χ3v) is 5.84. The Balaban J connectivity index is 1.32. The van der Waals surface area contributed by atoms with Crippen LogP contribution in [-0.4, -0.2) is 39.1 Å². The highest BCUT2D eigenvalue weighted by Gasteiger charge is 2.28. The first kappa shape index (κ1) is 18.7. The standard InChI is InChI=1S/C20H21FN4O2S/c1-13-8-14(2-4-17(13)21)9-15-6-7-25(10-15)19(26)18-5-3-16(27-18)11-28-20-22-12-23-24-20/h2-5,8,12,15H,6-7,9-11H2,1H3,(H,22,23,24). The fourth-order valence-electron chi connectivity index (χ4n) is 3.48. The molecule has 0 spiro atoms. The highest BCUT2D eigenvalue weighted by molar-refractivity contribution is 7.98. The molecule has 1 unspecified atom stereocenters. The molecule has 4 rings (SSSR count). The largest absolute Gasteiger partial charge is 0.455 e. The molecular formula is C20H21FN4O2S. The van der Waals surface area contributed by atoms with Gasteiger partial charge in [-0.2, -0.15) is 5.10 Å². The topological polar surface area (TPSA) is 75.0 Å². The van der Waals surface area contributed by atoms with E-state index in [1.54, 1.807) is 13.0 Å². The lowest BCUT2D eigenvalue weighted by molar-refractivity contribution is 0.0754. The molecule has 0 saturated carbocycles. The van der Waals surface area contributed by atoms with Gasteiger partial charge in [-0.15, -0.1) is 0 Å². The van der Waals surface area contributed by atoms with E-state index in [1.807, 2.05) is 23.1 Å². The number of aromatic nitrogens is 3. The average molecular weight is 400 g/mol. The summed E-state index contributed by atoms with van der Waals surface area (Å²) in [5.74, 6) is 1.80. The first-order valence-corrected chi connectivity index (χ1v) is 10.2. The van der Waals surface area contributed by atoms with E-state index in [0.29, 0.717) is 41.2 Å². The Labute approximate surface area is 166 Å². The van der Waals surface area contributed by atoms with Crippen molar-refractivity contribution in [2.24, 2.45) is 5.92 Å². The van der Waals surface area contributed by atoms with Gasteiger partial charge in [0.2, 0.25) is 0 Å². The number of carbonyl (C=O) groups excluding carboxylic acids is 1. The van der Waals surface area contributed by atoms with Crippen LogP contribution in [0.1, 0.15) is 33.9 Å². The van der Waals surface area contributed by atoms with Gasteiger partial charge in [0, 0.05) is 13.1 Å². The van der Waals surface area contributed by atoms with E-state index in [-0.39, 0.29) is 11.7 Å². The molecule has 1 saturated heterocycles. The first-order chi connectivity index (χ1) is 13.6. The van der Waals surface area contributed by atoms with Gasteiger partial charge < -0.3 is 9.32 Å². The number of nitrogens with zero attached hydrogens (tertiary/aromatic N) is 3. The molecule has 28 heavy (non-hydrogen) atoms. The number of hydrogen-bond acceptors (Lipinski definition) is 5. The van der Waals surface area contributed by atoms with E-state index in [0.717, 1.165) is 24.2 Å². The van der Waals surface area contributed by atoms with Crippen molar-refractivity contribution in [2.75, 3.05) is 13.1 Å². The number of amides is 1. The van der Waals surface area contributed by atoms with Crippen molar-refractivity contribution >= 4 is 17.7 Å². The van der Waals surface area contributed by atoms with E-state index in [9.17, 15) is 9.18 Å². The van der Waals surface area contributed by atoms with E-state index >= 15 is 0 Å². The number of halogens is 1. The zero-order valence-electron chi connectivity index (χ0n) is 15.5. The van der Waals surface area contributed by atoms with Crippen LogP contribution >= 0.6 is 11.8 Å². The zero-order chi connectivity index (χ0) is 19.5. The summed E-state index contributed by atoms with van der Waals surface area (Å²) in [6.07, 6.45) is 3.25. The Morgan fingerprint density at radius 2 is 2.29 bits per heavy atom. The zero-order valence-corrected chi connectivity index (χ0v) is 16.3. The summed E-state index contributed by atoms with van der Waals surface area (Å²) >= 11 is 1.47. The maximum Gasteiger partial charge on any atom is 0.289 e. The summed E-state index contributed by atoms with van der Waals surface area (Å²) in [5.41, 5.74) is 1.78. The number of thioether (sulfide) groups is 1. The molecule has 1 aliphatic rings. The molecule has 8 heteroatoms. The minimum Gasteiger partial charge on any atom is -0.455 e. The molecule has 6 nitrogen and oxygen atoms in total.